The van der Waals surface area contributed by atoms with Gasteiger partial charge in [0, 0.05) is 23.7 Å². The molecule has 0 unspecified atom stereocenters. The van der Waals surface area contributed by atoms with Gasteiger partial charge in [-0.15, -0.1) is 10.2 Å². The summed E-state index contributed by atoms with van der Waals surface area (Å²) in [4.78, 5) is 0. The lowest BCUT2D eigenvalue weighted by atomic mass is 10.2. The van der Waals surface area contributed by atoms with E-state index >= 15 is 0 Å². The van der Waals surface area contributed by atoms with Crippen molar-refractivity contribution >= 4 is 27.5 Å². The van der Waals surface area contributed by atoms with Gasteiger partial charge in [-0.3, -0.25) is 0 Å². The minimum Gasteiger partial charge on any atom is -0.388 e. The van der Waals surface area contributed by atoms with E-state index in [2.05, 4.69) is 26.1 Å². The summed E-state index contributed by atoms with van der Waals surface area (Å²) in [6.45, 7) is 0.879. The minimum atomic E-state index is -0.178. The van der Waals surface area contributed by atoms with E-state index in [4.69, 9.17) is 16.3 Å². The normalized spacial score (nSPS) is 10.9. The molecule has 1 aromatic carbocycles. The Labute approximate surface area is 124 Å². The van der Waals surface area contributed by atoms with Gasteiger partial charge < -0.3 is 14.4 Å². The maximum absolute atomic E-state index is 9.30. The number of halogens is 2. The molecule has 7 heteroatoms. The molecular formula is C12H13BrClN3O2. The van der Waals surface area contributed by atoms with Gasteiger partial charge in [0.15, 0.2) is 11.6 Å². The molecular weight excluding hydrogens is 334 g/mol. The number of methoxy groups -OCH3 is 1. The van der Waals surface area contributed by atoms with Gasteiger partial charge in [-0.2, -0.15) is 0 Å². The lowest BCUT2D eigenvalue weighted by Gasteiger charge is -2.10. The van der Waals surface area contributed by atoms with Crippen molar-refractivity contribution in [1.82, 2.24) is 14.8 Å². The van der Waals surface area contributed by atoms with Crippen LogP contribution in [0.1, 0.15) is 5.82 Å². The first-order valence-electron chi connectivity index (χ1n) is 5.64. The number of hydrogen-bond donors (Lipinski definition) is 1. The van der Waals surface area contributed by atoms with Crippen molar-refractivity contribution in [3.05, 3.63) is 33.5 Å². The van der Waals surface area contributed by atoms with Gasteiger partial charge in [-0.1, -0.05) is 27.5 Å². The first-order valence-corrected chi connectivity index (χ1v) is 6.81. The Morgan fingerprint density at radius 3 is 2.89 bits per heavy atom. The number of aliphatic hydroxyl groups excluding tert-OH is 1. The maximum Gasteiger partial charge on any atom is 0.165 e. The first kappa shape index (κ1) is 14.5. The molecule has 0 aliphatic carbocycles. The Bertz CT molecular complexity index is 574. The second kappa shape index (κ2) is 6.47. The van der Waals surface area contributed by atoms with E-state index in [1.54, 1.807) is 17.7 Å². The molecule has 1 N–H and O–H groups in total. The van der Waals surface area contributed by atoms with Gasteiger partial charge in [-0.05, 0) is 18.2 Å². The first-order chi connectivity index (χ1) is 9.17. The summed E-state index contributed by atoms with van der Waals surface area (Å²) in [7, 11) is 1.62. The fraction of sp³-hybridized carbons (Fsp3) is 0.333. The lowest BCUT2D eigenvalue weighted by Crippen LogP contribution is -2.10. The number of aromatic nitrogens is 3. The Morgan fingerprint density at radius 2 is 2.21 bits per heavy atom. The summed E-state index contributed by atoms with van der Waals surface area (Å²) in [5, 5.41) is 18.0. The quantitative estimate of drug-likeness (QED) is 0.903. The van der Waals surface area contributed by atoms with Gasteiger partial charge in [0.25, 0.3) is 0 Å². The molecule has 0 atom stereocenters. The van der Waals surface area contributed by atoms with E-state index in [1.165, 1.54) is 0 Å². The zero-order valence-electron chi connectivity index (χ0n) is 10.3. The van der Waals surface area contributed by atoms with Crippen molar-refractivity contribution in [3.63, 3.8) is 0 Å². The maximum atomic E-state index is 9.30. The van der Waals surface area contributed by atoms with E-state index in [-0.39, 0.29) is 6.61 Å². The topological polar surface area (TPSA) is 60.2 Å². The highest BCUT2D eigenvalue weighted by molar-refractivity contribution is 9.10. The summed E-state index contributed by atoms with van der Waals surface area (Å²) in [5.41, 5.74) is 0.763. The van der Waals surface area contributed by atoms with Crippen LogP contribution < -0.4 is 0 Å². The zero-order valence-corrected chi connectivity index (χ0v) is 12.6. The fourth-order valence-corrected chi connectivity index (χ4v) is 2.30. The smallest absolute Gasteiger partial charge is 0.165 e. The van der Waals surface area contributed by atoms with Crippen LogP contribution in [0.2, 0.25) is 5.02 Å². The summed E-state index contributed by atoms with van der Waals surface area (Å²) < 4.78 is 7.76. The van der Waals surface area contributed by atoms with Crippen molar-refractivity contribution < 1.29 is 9.84 Å². The lowest BCUT2D eigenvalue weighted by molar-refractivity contribution is 0.183. The third-order valence-electron chi connectivity index (χ3n) is 2.66. The number of nitrogens with zero attached hydrogens (tertiary/aromatic N) is 3. The second-order valence-electron chi connectivity index (χ2n) is 3.87. The van der Waals surface area contributed by atoms with Gasteiger partial charge in [0.2, 0.25) is 0 Å². The van der Waals surface area contributed by atoms with Gasteiger partial charge in [0.05, 0.1) is 11.6 Å². The molecule has 2 rings (SSSR count). The van der Waals surface area contributed by atoms with Crippen molar-refractivity contribution in [2.75, 3.05) is 13.7 Å². The van der Waals surface area contributed by atoms with Gasteiger partial charge in [-0.25, -0.2) is 0 Å². The van der Waals surface area contributed by atoms with Crippen molar-refractivity contribution in [1.29, 1.82) is 0 Å². The molecule has 0 radical (unpaired) electrons. The molecule has 1 heterocycles. The Balaban J connectivity index is 2.49. The van der Waals surface area contributed by atoms with Crippen LogP contribution >= 0.6 is 27.5 Å². The summed E-state index contributed by atoms with van der Waals surface area (Å²) in [6.07, 6.45) is 0. The average molecular weight is 347 g/mol. The number of aliphatic hydroxyl groups is 1. The summed E-state index contributed by atoms with van der Waals surface area (Å²) >= 11 is 9.60. The predicted molar refractivity (Wildman–Crippen MR) is 76.0 cm³/mol. The van der Waals surface area contributed by atoms with Gasteiger partial charge >= 0.3 is 0 Å². The van der Waals surface area contributed by atoms with Crippen LogP contribution in [0.25, 0.3) is 11.4 Å². The van der Waals surface area contributed by atoms with Crippen LogP contribution in [0.3, 0.4) is 0 Å². The Morgan fingerprint density at radius 1 is 1.42 bits per heavy atom. The highest BCUT2D eigenvalue weighted by Gasteiger charge is 2.15. The summed E-state index contributed by atoms with van der Waals surface area (Å²) in [6, 6.07) is 5.51. The summed E-state index contributed by atoms with van der Waals surface area (Å²) in [5.74, 6) is 1.11. The largest absolute Gasteiger partial charge is 0.388 e. The molecule has 0 saturated carbocycles. The molecule has 5 nitrogen and oxygen atoms in total. The molecule has 2 aromatic rings. The van der Waals surface area contributed by atoms with Crippen LogP contribution in [0, 0.1) is 0 Å². The number of benzene rings is 1. The minimum absolute atomic E-state index is 0.178. The predicted octanol–water partition coefficient (Wildman–Crippen LogP) is 2.50. The van der Waals surface area contributed by atoms with Crippen LogP contribution in [-0.4, -0.2) is 33.6 Å². The Hall–Kier alpha value is -0.950. The van der Waals surface area contributed by atoms with E-state index in [0.717, 1.165) is 10.0 Å². The SMILES string of the molecule is COCCn1c(CO)nnc1-c1cc(Br)ccc1Cl. The highest BCUT2D eigenvalue weighted by atomic mass is 79.9. The molecule has 0 bridgehead atoms. The third-order valence-corrected chi connectivity index (χ3v) is 3.48. The van der Waals surface area contributed by atoms with E-state index in [0.29, 0.717) is 29.8 Å². The number of hydrogen-bond acceptors (Lipinski definition) is 4. The molecule has 0 fully saturated rings. The molecule has 1 aromatic heterocycles. The monoisotopic (exact) mass is 345 g/mol. The number of rotatable bonds is 5. The zero-order chi connectivity index (χ0) is 13.8. The standard InChI is InChI=1S/C12H13BrClN3O2/c1-19-5-4-17-11(7-18)15-16-12(17)9-6-8(13)2-3-10(9)14/h2-3,6,18H,4-5,7H2,1H3. The van der Waals surface area contributed by atoms with Crippen molar-refractivity contribution in [2.45, 2.75) is 13.2 Å². The van der Waals surface area contributed by atoms with Crippen molar-refractivity contribution in [2.24, 2.45) is 0 Å². The van der Waals surface area contributed by atoms with E-state index < -0.39 is 0 Å². The number of ether oxygens (including phenoxy) is 1. The van der Waals surface area contributed by atoms with Crippen LogP contribution in [0.5, 0.6) is 0 Å². The molecule has 0 spiro atoms. The molecule has 0 amide bonds. The molecule has 19 heavy (non-hydrogen) atoms. The van der Waals surface area contributed by atoms with E-state index in [9.17, 15) is 5.11 Å². The van der Waals surface area contributed by atoms with Crippen LogP contribution in [-0.2, 0) is 17.9 Å². The second-order valence-corrected chi connectivity index (χ2v) is 5.19. The molecule has 0 aliphatic rings. The molecule has 0 saturated heterocycles. The van der Waals surface area contributed by atoms with Crippen molar-refractivity contribution in [3.8, 4) is 11.4 Å². The highest BCUT2D eigenvalue weighted by Crippen LogP contribution is 2.30. The Kier molecular flexibility index (Phi) is 4.93. The molecule has 0 aliphatic heterocycles. The molecule has 102 valence electrons. The van der Waals surface area contributed by atoms with E-state index in [1.807, 2.05) is 12.1 Å². The average Bonchev–Trinajstić information content (AvgIpc) is 2.81. The van der Waals surface area contributed by atoms with Gasteiger partial charge in [0.1, 0.15) is 6.61 Å². The fourth-order valence-electron chi connectivity index (χ4n) is 1.74. The third kappa shape index (κ3) is 3.14. The van der Waals surface area contributed by atoms with Crippen LogP contribution in [0.4, 0.5) is 0 Å². The van der Waals surface area contributed by atoms with Crippen LogP contribution in [0.15, 0.2) is 22.7 Å².